The van der Waals surface area contributed by atoms with Gasteiger partial charge in [0, 0.05) is 26.1 Å². The van der Waals surface area contributed by atoms with Gasteiger partial charge in [-0.1, -0.05) is 0 Å². The molecule has 1 atom stereocenters. The molecule has 1 aromatic heterocycles. The number of terminal acetylenes is 1. The summed E-state index contributed by atoms with van der Waals surface area (Å²) in [6.45, 7) is 3.39. The minimum Gasteiger partial charge on any atom is -0.447 e. The fraction of sp³-hybridized carbons (Fsp3) is 0.538. The Bertz CT molecular complexity index is 545. The Morgan fingerprint density at radius 1 is 1.50 bits per heavy atom. The summed E-state index contributed by atoms with van der Waals surface area (Å²) < 4.78 is 36.6. The third-order valence-corrected chi connectivity index (χ3v) is 3.93. The molecule has 1 aromatic rings. The Kier molecular flexibility index (Phi) is 6.75. The molecule has 0 aromatic carbocycles. The van der Waals surface area contributed by atoms with Crippen molar-refractivity contribution >= 4 is 10.0 Å². The number of sulfonamides is 1. The number of methoxy groups -OCH3 is 1. The first-order valence-electron chi connectivity index (χ1n) is 6.23. The van der Waals surface area contributed by atoms with Crippen molar-refractivity contribution in [1.82, 2.24) is 10.0 Å². The molecule has 0 radical (unpaired) electrons. The van der Waals surface area contributed by atoms with E-state index in [1.807, 2.05) is 0 Å². The van der Waals surface area contributed by atoms with Gasteiger partial charge >= 0.3 is 0 Å². The number of furan rings is 1. The topological polar surface area (TPSA) is 80.6 Å². The van der Waals surface area contributed by atoms with Gasteiger partial charge in [-0.15, -0.1) is 12.3 Å². The van der Waals surface area contributed by atoms with E-state index in [4.69, 9.17) is 15.6 Å². The molecule has 1 heterocycles. The highest BCUT2D eigenvalue weighted by Crippen LogP contribution is 2.14. The van der Waals surface area contributed by atoms with Crippen molar-refractivity contribution in [2.24, 2.45) is 0 Å². The number of hydrogen-bond acceptors (Lipinski definition) is 5. The van der Waals surface area contributed by atoms with Gasteiger partial charge in [-0.2, -0.15) is 0 Å². The summed E-state index contributed by atoms with van der Waals surface area (Å²) in [6.07, 6.45) is 5.47. The average Bonchev–Trinajstić information content (AvgIpc) is 2.84. The van der Waals surface area contributed by atoms with Crippen LogP contribution in [0.15, 0.2) is 21.6 Å². The first-order valence-corrected chi connectivity index (χ1v) is 7.72. The van der Waals surface area contributed by atoms with Crippen LogP contribution >= 0.6 is 0 Å². The molecular weight excluding hydrogens is 280 g/mol. The molecule has 0 saturated carbocycles. The lowest BCUT2D eigenvalue weighted by atomic mass is 10.3. The van der Waals surface area contributed by atoms with Crippen molar-refractivity contribution in [2.45, 2.75) is 31.0 Å². The summed E-state index contributed by atoms with van der Waals surface area (Å²) in [5.74, 6) is 2.95. The lowest BCUT2D eigenvalue weighted by molar-refractivity contribution is 0.198. The highest BCUT2D eigenvalue weighted by atomic mass is 32.2. The minimum absolute atomic E-state index is 0.107. The summed E-state index contributed by atoms with van der Waals surface area (Å²) >= 11 is 0. The molecule has 0 aliphatic carbocycles. The van der Waals surface area contributed by atoms with E-state index >= 15 is 0 Å². The van der Waals surface area contributed by atoms with Crippen molar-refractivity contribution in [1.29, 1.82) is 0 Å². The fourth-order valence-corrected chi connectivity index (χ4v) is 2.72. The van der Waals surface area contributed by atoms with Crippen LogP contribution in [0, 0.1) is 12.3 Å². The van der Waals surface area contributed by atoms with E-state index in [9.17, 15) is 8.42 Å². The molecule has 7 heteroatoms. The minimum atomic E-state index is -3.66. The second-order valence-corrected chi connectivity index (χ2v) is 5.97. The molecule has 0 bridgehead atoms. The summed E-state index contributed by atoms with van der Waals surface area (Å²) in [7, 11) is -2.05. The van der Waals surface area contributed by atoms with Crippen molar-refractivity contribution in [3.8, 4) is 12.3 Å². The zero-order valence-electron chi connectivity index (χ0n) is 11.7. The maximum Gasteiger partial charge on any atom is 0.274 e. The van der Waals surface area contributed by atoms with Crippen LogP contribution < -0.4 is 10.0 Å². The zero-order valence-corrected chi connectivity index (χ0v) is 12.5. The maximum atomic E-state index is 12.0. The largest absolute Gasteiger partial charge is 0.447 e. The third kappa shape index (κ3) is 5.35. The van der Waals surface area contributed by atoms with Crippen molar-refractivity contribution < 1.29 is 17.6 Å². The Balaban J connectivity index is 2.59. The normalized spacial score (nSPS) is 13.1. The first-order chi connectivity index (χ1) is 9.49. The van der Waals surface area contributed by atoms with Crippen LogP contribution in [-0.4, -0.2) is 34.7 Å². The second kappa shape index (κ2) is 8.07. The highest BCUT2D eigenvalue weighted by molar-refractivity contribution is 7.89. The van der Waals surface area contributed by atoms with Gasteiger partial charge in [-0.05, 0) is 19.1 Å². The van der Waals surface area contributed by atoms with Crippen LogP contribution in [0.25, 0.3) is 0 Å². The summed E-state index contributed by atoms with van der Waals surface area (Å²) in [4.78, 5) is 0. The molecule has 1 rings (SSSR count). The molecule has 0 spiro atoms. The Hall–Kier alpha value is -1.33. The van der Waals surface area contributed by atoms with E-state index in [-0.39, 0.29) is 11.1 Å². The van der Waals surface area contributed by atoms with Crippen LogP contribution in [0.2, 0.25) is 0 Å². The van der Waals surface area contributed by atoms with E-state index in [2.05, 4.69) is 16.0 Å². The van der Waals surface area contributed by atoms with E-state index < -0.39 is 10.0 Å². The predicted molar refractivity (Wildman–Crippen MR) is 75.5 cm³/mol. The van der Waals surface area contributed by atoms with Gasteiger partial charge in [0.1, 0.15) is 5.76 Å². The molecule has 0 fully saturated rings. The number of ether oxygens (including phenoxy) is 1. The van der Waals surface area contributed by atoms with Gasteiger partial charge in [0.2, 0.25) is 5.09 Å². The quantitative estimate of drug-likeness (QED) is 0.518. The van der Waals surface area contributed by atoms with Gasteiger partial charge in [-0.25, -0.2) is 13.1 Å². The molecule has 0 aliphatic rings. The van der Waals surface area contributed by atoms with Gasteiger partial charge in [0.05, 0.1) is 13.2 Å². The lowest BCUT2D eigenvalue weighted by Crippen LogP contribution is -2.32. The Labute approximate surface area is 119 Å². The Morgan fingerprint density at radius 2 is 2.25 bits per heavy atom. The van der Waals surface area contributed by atoms with Gasteiger partial charge in [0.15, 0.2) is 0 Å². The van der Waals surface area contributed by atoms with Gasteiger partial charge in [-0.3, -0.25) is 0 Å². The van der Waals surface area contributed by atoms with Gasteiger partial charge < -0.3 is 14.5 Å². The van der Waals surface area contributed by atoms with Gasteiger partial charge in [0.25, 0.3) is 10.0 Å². The zero-order chi connectivity index (χ0) is 15.0. The fourth-order valence-electron chi connectivity index (χ4n) is 1.52. The smallest absolute Gasteiger partial charge is 0.274 e. The third-order valence-electron chi connectivity index (χ3n) is 2.46. The van der Waals surface area contributed by atoms with E-state index in [1.165, 1.54) is 6.07 Å². The SMILES string of the molecule is C#CCC(C)NS(=O)(=O)c1ccc(CNCCOC)o1. The van der Waals surface area contributed by atoms with Crippen LogP contribution in [-0.2, 0) is 21.3 Å². The molecular formula is C13H20N2O4S. The molecule has 0 amide bonds. The van der Waals surface area contributed by atoms with Crippen molar-refractivity contribution in [3.63, 3.8) is 0 Å². The molecule has 20 heavy (non-hydrogen) atoms. The molecule has 2 N–H and O–H groups in total. The summed E-state index contributed by atoms with van der Waals surface area (Å²) in [5, 5.41) is 2.96. The summed E-state index contributed by atoms with van der Waals surface area (Å²) in [6, 6.07) is 2.72. The first kappa shape index (κ1) is 16.7. The molecule has 1 unspecified atom stereocenters. The standard InChI is InChI=1S/C13H20N2O4S/c1-4-5-11(2)15-20(16,17)13-7-6-12(19-13)10-14-8-9-18-3/h1,6-7,11,14-15H,5,8-10H2,2-3H3. The van der Waals surface area contributed by atoms with E-state index in [0.717, 1.165) is 0 Å². The van der Waals surface area contributed by atoms with E-state index in [1.54, 1.807) is 20.1 Å². The number of hydrogen-bond donors (Lipinski definition) is 2. The molecule has 0 aliphatic heterocycles. The maximum absolute atomic E-state index is 12.0. The monoisotopic (exact) mass is 300 g/mol. The van der Waals surface area contributed by atoms with E-state index in [0.29, 0.717) is 31.9 Å². The second-order valence-electron chi connectivity index (χ2n) is 4.32. The molecule has 0 saturated heterocycles. The molecule has 6 nitrogen and oxygen atoms in total. The van der Waals surface area contributed by atoms with Crippen LogP contribution in [0.4, 0.5) is 0 Å². The van der Waals surface area contributed by atoms with Crippen molar-refractivity contribution in [2.75, 3.05) is 20.3 Å². The number of nitrogens with one attached hydrogen (secondary N) is 2. The van der Waals surface area contributed by atoms with Crippen molar-refractivity contribution in [3.05, 3.63) is 17.9 Å². The summed E-state index contributed by atoms with van der Waals surface area (Å²) in [5.41, 5.74) is 0. The Morgan fingerprint density at radius 3 is 2.90 bits per heavy atom. The average molecular weight is 300 g/mol. The predicted octanol–water partition coefficient (Wildman–Crippen LogP) is 0.706. The van der Waals surface area contributed by atoms with Crippen LogP contribution in [0.3, 0.4) is 0 Å². The lowest BCUT2D eigenvalue weighted by Gasteiger charge is -2.09. The van der Waals surface area contributed by atoms with Crippen LogP contribution in [0.5, 0.6) is 0 Å². The van der Waals surface area contributed by atoms with Crippen LogP contribution in [0.1, 0.15) is 19.1 Å². The number of rotatable bonds is 9. The molecule has 112 valence electrons. The highest BCUT2D eigenvalue weighted by Gasteiger charge is 2.20.